The van der Waals surface area contributed by atoms with E-state index in [4.69, 9.17) is 4.74 Å². The summed E-state index contributed by atoms with van der Waals surface area (Å²) in [4.78, 5) is 24.9. The molecule has 1 atom stereocenters. The number of likely N-dealkylation sites (N-methyl/N-ethyl adjacent to an activating group) is 1. The highest BCUT2D eigenvalue weighted by Gasteiger charge is 2.30. The van der Waals surface area contributed by atoms with Crippen molar-refractivity contribution in [1.82, 2.24) is 14.9 Å². The van der Waals surface area contributed by atoms with Crippen LogP contribution in [0.1, 0.15) is 39.3 Å². The van der Waals surface area contributed by atoms with Crippen LogP contribution in [-0.2, 0) is 4.74 Å². The number of rotatable bonds is 2. The molecule has 0 radical (unpaired) electrons. The quantitative estimate of drug-likeness (QED) is 0.840. The monoisotopic (exact) mass is 306 g/mol. The Morgan fingerprint density at radius 1 is 1.45 bits per heavy atom. The van der Waals surface area contributed by atoms with E-state index in [-0.39, 0.29) is 12.1 Å². The number of piperidine rings is 1. The Bertz CT molecular complexity index is 527. The average Bonchev–Trinajstić information content (AvgIpc) is 2.45. The van der Waals surface area contributed by atoms with Crippen molar-refractivity contribution >= 4 is 12.0 Å². The summed E-state index contributed by atoms with van der Waals surface area (Å²) in [5.74, 6) is 0.705. The van der Waals surface area contributed by atoms with Crippen LogP contribution in [0.3, 0.4) is 0 Å². The Morgan fingerprint density at radius 3 is 2.82 bits per heavy atom. The lowest BCUT2D eigenvalue weighted by Crippen LogP contribution is -2.50. The molecule has 1 aromatic rings. The molecule has 1 amide bonds. The highest BCUT2D eigenvalue weighted by Crippen LogP contribution is 2.20. The van der Waals surface area contributed by atoms with E-state index in [2.05, 4.69) is 14.9 Å². The maximum Gasteiger partial charge on any atom is 0.410 e. The first-order valence-electron chi connectivity index (χ1n) is 7.76. The Balaban J connectivity index is 2.02. The normalized spacial score (nSPS) is 19.0. The number of carbonyl (C=O) groups is 1. The Kier molecular flexibility index (Phi) is 4.88. The van der Waals surface area contributed by atoms with Crippen LogP contribution >= 0.6 is 0 Å². The van der Waals surface area contributed by atoms with Crippen LogP contribution in [0.5, 0.6) is 0 Å². The van der Waals surface area contributed by atoms with Crippen molar-refractivity contribution in [1.29, 1.82) is 0 Å². The lowest BCUT2D eigenvalue weighted by atomic mass is 10.1. The number of ether oxygens (including phenoxy) is 1. The van der Waals surface area contributed by atoms with Gasteiger partial charge in [-0.3, -0.25) is 0 Å². The lowest BCUT2D eigenvalue weighted by molar-refractivity contribution is 0.0199. The Hall–Kier alpha value is -1.85. The zero-order valence-electron chi connectivity index (χ0n) is 14.2. The van der Waals surface area contributed by atoms with E-state index in [1.165, 1.54) is 0 Å². The largest absolute Gasteiger partial charge is 0.444 e. The van der Waals surface area contributed by atoms with Crippen LogP contribution in [-0.4, -0.2) is 52.7 Å². The Labute approximate surface area is 132 Å². The van der Waals surface area contributed by atoms with Crippen molar-refractivity contribution in [2.45, 2.75) is 52.2 Å². The molecule has 0 saturated carbocycles. The molecule has 1 aliphatic rings. The molecule has 0 aromatic carbocycles. The van der Waals surface area contributed by atoms with Crippen molar-refractivity contribution < 1.29 is 9.53 Å². The number of hydrogen-bond acceptors (Lipinski definition) is 5. The number of anilines is 1. The molecular formula is C16H26N4O2. The maximum atomic E-state index is 12.2. The zero-order chi connectivity index (χ0) is 16.3. The third-order valence-corrected chi connectivity index (χ3v) is 3.69. The van der Waals surface area contributed by atoms with Gasteiger partial charge in [0.1, 0.15) is 5.60 Å². The van der Waals surface area contributed by atoms with Crippen LogP contribution in [0.25, 0.3) is 0 Å². The standard InChI is InChI=1S/C16H26N4O2/c1-12-8-9-17-14(18-12)19(5)13-7-6-10-20(11-13)15(21)22-16(2,3)4/h8-9,13H,6-7,10-11H2,1-5H3/t13-/m0/s1. The highest BCUT2D eigenvalue weighted by atomic mass is 16.6. The van der Waals surface area contributed by atoms with Gasteiger partial charge in [0.25, 0.3) is 0 Å². The molecule has 0 bridgehead atoms. The summed E-state index contributed by atoms with van der Waals surface area (Å²) in [7, 11) is 1.98. The fraction of sp³-hybridized carbons (Fsp3) is 0.688. The summed E-state index contributed by atoms with van der Waals surface area (Å²) < 4.78 is 5.47. The van der Waals surface area contributed by atoms with Gasteiger partial charge in [-0.05, 0) is 46.6 Å². The Morgan fingerprint density at radius 2 is 2.18 bits per heavy atom. The molecule has 122 valence electrons. The predicted octanol–water partition coefficient (Wildman–Crippen LogP) is 2.62. The molecule has 1 saturated heterocycles. The average molecular weight is 306 g/mol. The van der Waals surface area contributed by atoms with Gasteiger partial charge in [-0.1, -0.05) is 0 Å². The molecule has 1 fully saturated rings. The van der Waals surface area contributed by atoms with Gasteiger partial charge in [0.2, 0.25) is 5.95 Å². The van der Waals surface area contributed by atoms with E-state index < -0.39 is 5.60 Å². The van der Waals surface area contributed by atoms with E-state index in [0.29, 0.717) is 12.5 Å². The van der Waals surface area contributed by atoms with Gasteiger partial charge in [-0.2, -0.15) is 0 Å². The molecular weight excluding hydrogens is 280 g/mol. The number of amides is 1. The van der Waals surface area contributed by atoms with Crippen LogP contribution < -0.4 is 4.90 Å². The number of hydrogen-bond donors (Lipinski definition) is 0. The molecule has 0 spiro atoms. The van der Waals surface area contributed by atoms with Crippen molar-refractivity contribution in [3.05, 3.63) is 18.0 Å². The summed E-state index contributed by atoms with van der Waals surface area (Å²) in [6, 6.07) is 2.09. The lowest BCUT2D eigenvalue weighted by Gasteiger charge is -2.38. The van der Waals surface area contributed by atoms with Gasteiger partial charge in [-0.15, -0.1) is 0 Å². The summed E-state index contributed by atoms with van der Waals surface area (Å²) in [5, 5.41) is 0. The summed E-state index contributed by atoms with van der Waals surface area (Å²) in [6.45, 7) is 9.00. The van der Waals surface area contributed by atoms with Crippen LogP contribution in [0.15, 0.2) is 12.3 Å². The molecule has 0 aliphatic carbocycles. The smallest absolute Gasteiger partial charge is 0.410 e. The van der Waals surface area contributed by atoms with Crippen molar-refractivity contribution in [3.63, 3.8) is 0 Å². The van der Waals surface area contributed by atoms with Gasteiger partial charge in [0.05, 0.1) is 0 Å². The third kappa shape index (κ3) is 4.32. The summed E-state index contributed by atoms with van der Waals surface area (Å²) in [6.07, 6.45) is 3.51. The molecule has 22 heavy (non-hydrogen) atoms. The van der Waals surface area contributed by atoms with Gasteiger partial charge < -0.3 is 14.5 Å². The van der Waals surface area contributed by atoms with Crippen molar-refractivity contribution in [3.8, 4) is 0 Å². The molecule has 0 unspecified atom stereocenters. The first-order valence-corrected chi connectivity index (χ1v) is 7.76. The summed E-state index contributed by atoms with van der Waals surface area (Å²) >= 11 is 0. The predicted molar refractivity (Wildman–Crippen MR) is 86.0 cm³/mol. The first kappa shape index (κ1) is 16.5. The number of nitrogens with zero attached hydrogens (tertiary/aromatic N) is 4. The molecule has 1 aromatic heterocycles. The van der Waals surface area contributed by atoms with Crippen LogP contribution in [0, 0.1) is 6.92 Å². The minimum Gasteiger partial charge on any atom is -0.444 e. The van der Waals surface area contributed by atoms with Crippen molar-refractivity contribution in [2.24, 2.45) is 0 Å². The minimum atomic E-state index is -0.463. The van der Waals surface area contributed by atoms with Crippen LogP contribution in [0.2, 0.25) is 0 Å². The number of likely N-dealkylation sites (tertiary alicyclic amines) is 1. The fourth-order valence-electron chi connectivity index (χ4n) is 2.53. The summed E-state index contributed by atoms with van der Waals surface area (Å²) in [5.41, 5.74) is 0.479. The highest BCUT2D eigenvalue weighted by molar-refractivity contribution is 5.68. The van der Waals surface area contributed by atoms with E-state index in [9.17, 15) is 4.79 Å². The van der Waals surface area contributed by atoms with E-state index in [0.717, 1.165) is 25.1 Å². The molecule has 0 N–H and O–H groups in total. The number of carbonyl (C=O) groups excluding carboxylic acids is 1. The van der Waals surface area contributed by atoms with Gasteiger partial charge in [-0.25, -0.2) is 14.8 Å². The second kappa shape index (κ2) is 6.50. The molecule has 6 nitrogen and oxygen atoms in total. The minimum absolute atomic E-state index is 0.211. The van der Waals surface area contributed by atoms with Crippen LogP contribution in [0.4, 0.5) is 10.7 Å². The molecule has 1 aliphatic heterocycles. The molecule has 2 heterocycles. The van der Waals surface area contributed by atoms with E-state index in [1.54, 1.807) is 11.1 Å². The van der Waals surface area contributed by atoms with Gasteiger partial charge in [0.15, 0.2) is 0 Å². The number of aromatic nitrogens is 2. The third-order valence-electron chi connectivity index (χ3n) is 3.69. The topological polar surface area (TPSA) is 58.6 Å². The fourth-order valence-corrected chi connectivity index (χ4v) is 2.53. The van der Waals surface area contributed by atoms with Gasteiger partial charge in [0, 0.05) is 38.1 Å². The van der Waals surface area contributed by atoms with Crippen molar-refractivity contribution in [2.75, 3.05) is 25.0 Å². The first-order chi connectivity index (χ1) is 10.3. The van der Waals surface area contributed by atoms with E-state index in [1.807, 2.05) is 40.8 Å². The maximum absolute atomic E-state index is 12.2. The second-order valence-corrected chi connectivity index (χ2v) is 6.83. The molecule has 2 rings (SSSR count). The zero-order valence-corrected chi connectivity index (χ0v) is 14.2. The SMILES string of the molecule is Cc1ccnc(N(C)[C@H]2CCCN(C(=O)OC(C)(C)C)C2)n1. The van der Waals surface area contributed by atoms with E-state index >= 15 is 0 Å². The second-order valence-electron chi connectivity index (χ2n) is 6.83. The molecule has 6 heteroatoms. The number of aryl methyl sites for hydroxylation is 1. The van der Waals surface area contributed by atoms with Gasteiger partial charge >= 0.3 is 6.09 Å².